The summed E-state index contributed by atoms with van der Waals surface area (Å²) in [5.74, 6) is -0.241. The lowest BCUT2D eigenvalue weighted by molar-refractivity contribution is 0.0558. The number of Topliss-reactive ketones (excluding diaryl/α,β-unsaturated/α-hetero) is 1. The van der Waals surface area contributed by atoms with Gasteiger partial charge in [-0.25, -0.2) is 0 Å². The first kappa shape index (κ1) is 19.2. The number of ketones is 1. The van der Waals surface area contributed by atoms with Gasteiger partial charge in [-0.2, -0.15) is 0 Å². The van der Waals surface area contributed by atoms with Crippen LogP contribution in [0, 0.1) is 0 Å². The fourth-order valence-electron chi connectivity index (χ4n) is 3.20. The molecule has 0 fully saturated rings. The quantitative estimate of drug-likeness (QED) is 0.385. The molecule has 6 heteroatoms. The molecule has 0 atom stereocenters. The Hall–Kier alpha value is -2.57. The summed E-state index contributed by atoms with van der Waals surface area (Å²) >= 11 is 0. The highest BCUT2D eigenvalue weighted by atomic mass is 28.4. The van der Waals surface area contributed by atoms with Crippen LogP contribution in [-0.2, 0) is 4.43 Å². The fraction of sp³-hybridized carbons (Fsp3) is 0.286. The fourth-order valence-corrected chi connectivity index (χ4v) is 4.83. The molecule has 140 valence electrons. The highest BCUT2D eigenvalue weighted by Crippen LogP contribution is 2.24. The van der Waals surface area contributed by atoms with Crippen LogP contribution in [0.4, 0.5) is 0 Å². The van der Waals surface area contributed by atoms with E-state index in [0.29, 0.717) is 11.1 Å². The third kappa shape index (κ3) is 3.77. The molecule has 0 N–H and O–H groups in total. The van der Waals surface area contributed by atoms with E-state index < -0.39 is 24.8 Å². The molecule has 27 heavy (non-hydrogen) atoms. The number of benzene rings is 2. The van der Waals surface area contributed by atoms with Crippen LogP contribution in [0.1, 0.15) is 24.2 Å². The molecule has 0 radical (unpaired) electrons. The molecule has 0 spiro atoms. The lowest BCUT2D eigenvalue weighted by Gasteiger charge is -2.31. The maximum absolute atomic E-state index is 13.0. The van der Waals surface area contributed by atoms with E-state index in [2.05, 4.69) is 0 Å². The largest absolute Gasteiger partial charge is 0.456 e. The van der Waals surface area contributed by atoms with E-state index in [1.54, 1.807) is 50.2 Å². The Labute approximate surface area is 157 Å². The molecule has 3 rings (SSSR count). The van der Waals surface area contributed by atoms with Gasteiger partial charge < -0.3 is 8.84 Å². The number of fused-ring (bicyclic) bond motifs is 2. The van der Waals surface area contributed by atoms with Crippen molar-refractivity contribution < 1.29 is 13.6 Å². The zero-order chi connectivity index (χ0) is 20.0. The van der Waals surface area contributed by atoms with Gasteiger partial charge in [-0.05, 0) is 63.8 Å². The van der Waals surface area contributed by atoms with Crippen LogP contribution in [0.2, 0.25) is 19.6 Å². The monoisotopic (exact) mass is 382 g/mol. The van der Waals surface area contributed by atoms with Gasteiger partial charge in [-0.3, -0.25) is 14.4 Å². The van der Waals surface area contributed by atoms with Crippen molar-refractivity contribution in [1.29, 1.82) is 0 Å². The smallest absolute Gasteiger partial charge is 0.237 e. The molecule has 3 aromatic rings. The highest BCUT2D eigenvalue weighted by molar-refractivity contribution is 6.70. The number of para-hydroxylation sites is 1. The molecule has 0 amide bonds. The second-order valence-corrected chi connectivity index (χ2v) is 12.5. The van der Waals surface area contributed by atoms with Crippen molar-refractivity contribution in [3.63, 3.8) is 0 Å². The first-order valence-electron chi connectivity index (χ1n) is 8.74. The van der Waals surface area contributed by atoms with Gasteiger partial charge in [-0.1, -0.05) is 12.1 Å². The van der Waals surface area contributed by atoms with Crippen LogP contribution >= 0.6 is 0 Å². The van der Waals surface area contributed by atoms with Crippen LogP contribution < -0.4 is 10.9 Å². The Morgan fingerprint density at radius 2 is 1.52 bits per heavy atom. The third-order valence-corrected chi connectivity index (χ3v) is 5.28. The van der Waals surface area contributed by atoms with Crippen molar-refractivity contribution in [1.82, 2.24) is 0 Å². The zero-order valence-corrected chi connectivity index (χ0v) is 17.1. The number of carbonyl (C=O) groups is 1. The predicted molar refractivity (Wildman–Crippen MR) is 109 cm³/mol. The van der Waals surface area contributed by atoms with Gasteiger partial charge in [-0.15, -0.1) is 0 Å². The van der Waals surface area contributed by atoms with Crippen molar-refractivity contribution in [3.05, 3.63) is 68.5 Å². The van der Waals surface area contributed by atoms with Crippen LogP contribution in [0.5, 0.6) is 0 Å². The van der Waals surface area contributed by atoms with Gasteiger partial charge in [0.05, 0.1) is 10.8 Å². The van der Waals surface area contributed by atoms with Crippen molar-refractivity contribution in [3.8, 4) is 0 Å². The normalized spacial score (nSPS) is 12.5. The molecule has 0 aliphatic heterocycles. The minimum absolute atomic E-state index is 0.0888. The van der Waals surface area contributed by atoms with E-state index >= 15 is 0 Å². The average molecular weight is 382 g/mol. The van der Waals surface area contributed by atoms with E-state index in [1.165, 1.54) is 6.07 Å². The standard InChI is InChI=1S/C21H22O5Si/c1-21(2,26-27(3,4)5)20(24)13-10-11-17-15(12-13)19(23)18(22)14-8-6-7-9-16(14)25-17/h6-12H,1-5H3. The summed E-state index contributed by atoms with van der Waals surface area (Å²) in [5.41, 5.74) is -1.46. The summed E-state index contributed by atoms with van der Waals surface area (Å²) in [5, 5.41) is 0.305. The van der Waals surface area contributed by atoms with Crippen molar-refractivity contribution >= 4 is 36.0 Å². The Morgan fingerprint density at radius 1 is 0.926 bits per heavy atom. The van der Waals surface area contributed by atoms with Gasteiger partial charge in [0.2, 0.25) is 10.9 Å². The SMILES string of the molecule is CC(C)(O[Si](C)(C)C)C(=O)c1ccc2oc3ccccc3c(=O)c(=O)c2c1. The summed E-state index contributed by atoms with van der Waals surface area (Å²) in [4.78, 5) is 38.2. The minimum atomic E-state index is -1.96. The number of carbonyl (C=O) groups excluding carboxylic acids is 1. The lowest BCUT2D eigenvalue weighted by Crippen LogP contribution is -2.44. The van der Waals surface area contributed by atoms with E-state index in [9.17, 15) is 14.4 Å². The highest BCUT2D eigenvalue weighted by Gasteiger charge is 2.34. The van der Waals surface area contributed by atoms with Gasteiger partial charge in [0.1, 0.15) is 16.8 Å². The summed E-state index contributed by atoms with van der Waals surface area (Å²) in [6.07, 6.45) is 0. The Bertz CT molecular complexity index is 1170. The lowest BCUT2D eigenvalue weighted by atomic mass is 9.96. The van der Waals surface area contributed by atoms with E-state index in [0.717, 1.165) is 0 Å². The molecule has 0 saturated heterocycles. The summed E-state index contributed by atoms with van der Waals surface area (Å²) in [7, 11) is -1.96. The van der Waals surface area contributed by atoms with Crippen molar-refractivity contribution in [2.75, 3.05) is 0 Å². The van der Waals surface area contributed by atoms with Gasteiger partial charge in [0.15, 0.2) is 14.1 Å². The molecule has 0 aliphatic rings. The molecular formula is C21H22O5Si. The topological polar surface area (TPSA) is 73.6 Å². The second kappa shape index (κ2) is 6.55. The zero-order valence-electron chi connectivity index (χ0n) is 16.1. The van der Waals surface area contributed by atoms with Crippen molar-refractivity contribution in [2.45, 2.75) is 39.1 Å². The van der Waals surface area contributed by atoms with Crippen LogP contribution in [-0.4, -0.2) is 19.7 Å². The molecule has 0 unspecified atom stereocenters. The summed E-state index contributed by atoms with van der Waals surface area (Å²) in [6.45, 7) is 9.46. The molecular weight excluding hydrogens is 360 g/mol. The molecule has 1 aromatic heterocycles. The van der Waals surface area contributed by atoms with Crippen molar-refractivity contribution in [2.24, 2.45) is 0 Å². The Balaban J connectivity index is 2.23. The third-order valence-electron chi connectivity index (χ3n) is 4.15. The number of rotatable bonds is 4. The first-order valence-corrected chi connectivity index (χ1v) is 12.2. The summed E-state index contributed by atoms with van der Waals surface area (Å²) in [6, 6.07) is 11.2. The molecule has 0 aliphatic carbocycles. The molecule has 1 heterocycles. The second-order valence-electron chi connectivity index (χ2n) is 8.02. The number of hydrogen-bond acceptors (Lipinski definition) is 5. The van der Waals surface area contributed by atoms with E-state index in [1.807, 2.05) is 19.6 Å². The van der Waals surface area contributed by atoms with Crippen LogP contribution in [0.15, 0.2) is 56.5 Å². The van der Waals surface area contributed by atoms with Gasteiger partial charge >= 0.3 is 0 Å². The first-order chi connectivity index (χ1) is 12.5. The molecule has 2 aromatic carbocycles. The predicted octanol–water partition coefficient (Wildman–Crippen LogP) is 4.12. The Morgan fingerprint density at radius 3 is 2.19 bits per heavy atom. The van der Waals surface area contributed by atoms with E-state index in [-0.39, 0.29) is 22.1 Å². The molecule has 5 nitrogen and oxygen atoms in total. The van der Waals surface area contributed by atoms with Crippen LogP contribution in [0.3, 0.4) is 0 Å². The van der Waals surface area contributed by atoms with Gasteiger partial charge in [0.25, 0.3) is 0 Å². The van der Waals surface area contributed by atoms with E-state index in [4.69, 9.17) is 8.84 Å². The molecule has 0 bridgehead atoms. The maximum atomic E-state index is 13.0. The minimum Gasteiger partial charge on any atom is -0.456 e. The molecule has 0 saturated carbocycles. The Kier molecular flexibility index (Phi) is 4.65. The van der Waals surface area contributed by atoms with Gasteiger partial charge in [0, 0.05) is 5.56 Å². The van der Waals surface area contributed by atoms with Crippen LogP contribution in [0.25, 0.3) is 21.9 Å². The average Bonchev–Trinajstić information content (AvgIpc) is 2.68. The number of hydrogen-bond donors (Lipinski definition) is 0. The maximum Gasteiger partial charge on any atom is 0.237 e. The summed E-state index contributed by atoms with van der Waals surface area (Å²) < 4.78 is 11.8.